The molecule has 3 nitrogen and oxygen atoms in total. The van der Waals surface area contributed by atoms with Gasteiger partial charge >= 0.3 is 0 Å². The average Bonchev–Trinajstić information content (AvgIpc) is 2.82. The maximum absolute atomic E-state index is 5.31. The lowest BCUT2D eigenvalue weighted by molar-refractivity contribution is 0.323. The van der Waals surface area contributed by atoms with Gasteiger partial charge in [-0.3, -0.25) is 0 Å². The number of para-hydroxylation sites is 1. The molecule has 0 bridgehead atoms. The normalized spacial score (nSPS) is 10.9. The Morgan fingerprint density at radius 2 is 1.95 bits per heavy atom. The lowest BCUT2D eigenvalue weighted by atomic mass is 10.2. The standard InChI is InChI=1S/C16H22N2O/c1-14-15(9-12-19-14)13-18(2)11-6-10-17-16-7-4-3-5-8-16/h3-5,7-9,12,17H,6,10-11,13H2,1-2H3. The van der Waals surface area contributed by atoms with Gasteiger partial charge in [0.15, 0.2) is 0 Å². The molecule has 0 saturated carbocycles. The zero-order chi connectivity index (χ0) is 13.5. The van der Waals surface area contributed by atoms with E-state index in [1.807, 2.05) is 19.1 Å². The van der Waals surface area contributed by atoms with Crippen molar-refractivity contribution >= 4 is 5.69 Å². The van der Waals surface area contributed by atoms with Crippen molar-refractivity contribution in [3.8, 4) is 0 Å². The Morgan fingerprint density at radius 3 is 2.63 bits per heavy atom. The molecular formula is C16H22N2O. The third-order valence-electron chi connectivity index (χ3n) is 3.23. The summed E-state index contributed by atoms with van der Waals surface area (Å²) in [5.74, 6) is 1.02. The Bertz CT molecular complexity index is 479. The van der Waals surface area contributed by atoms with Crippen molar-refractivity contribution in [1.29, 1.82) is 0 Å². The molecule has 2 rings (SSSR count). The summed E-state index contributed by atoms with van der Waals surface area (Å²) in [5, 5.41) is 3.43. The molecule has 19 heavy (non-hydrogen) atoms. The number of benzene rings is 1. The first-order valence-electron chi connectivity index (χ1n) is 6.76. The first-order chi connectivity index (χ1) is 9.25. The molecular weight excluding hydrogens is 236 g/mol. The van der Waals surface area contributed by atoms with E-state index in [-0.39, 0.29) is 0 Å². The van der Waals surface area contributed by atoms with E-state index in [0.717, 1.165) is 31.8 Å². The van der Waals surface area contributed by atoms with Crippen molar-refractivity contribution in [3.63, 3.8) is 0 Å². The highest BCUT2D eigenvalue weighted by Crippen LogP contribution is 2.11. The number of rotatable bonds is 7. The molecule has 1 heterocycles. The summed E-state index contributed by atoms with van der Waals surface area (Å²) in [6, 6.07) is 12.4. The fourth-order valence-corrected chi connectivity index (χ4v) is 2.08. The van der Waals surface area contributed by atoms with Crippen LogP contribution in [0.25, 0.3) is 0 Å². The number of hydrogen-bond acceptors (Lipinski definition) is 3. The predicted molar refractivity (Wildman–Crippen MR) is 79.3 cm³/mol. The van der Waals surface area contributed by atoms with Gasteiger partial charge in [0.2, 0.25) is 0 Å². The summed E-state index contributed by atoms with van der Waals surface area (Å²) in [4.78, 5) is 2.32. The summed E-state index contributed by atoms with van der Waals surface area (Å²) in [6.45, 7) is 5.04. The lowest BCUT2D eigenvalue weighted by Gasteiger charge is -2.16. The van der Waals surface area contributed by atoms with E-state index in [1.165, 1.54) is 11.3 Å². The number of aryl methyl sites for hydroxylation is 1. The summed E-state index contributed by atoms with van der Waals surface area (Å²) >= 11 is 0. The number of anilines is 1. The molecule has 0 amide bonds. The SMILES string of the molecule is Cc1occc1CN(C)CCCNc1ccccc1. The van der Waals surface area contributed by atoms with Crippen molar-refractivity contribution in [3.05, 3.63) is 54.0 Å². The van der Waals surface area contributed by atoms with Crippen LogP contribution in [0.3, 0.4) is 0 Å². The van der Waals surface area contributed by atoms with E-state index in [0.29, 0.717) is 0 Å². The van der Waals surface area contributed by atoms with Crippen molar-refractivity contribution < 1.29 is 4.42 Å². The molecule has 0 radical (unpaired) electrons. The third kappa shape index (κ3) is 4.45. The van der Waals surface area contributed by atoms with Crippen LogP contribution in [0, 0.1) is 6.92 Å². The summed E-state index contributed by atoms with van der Waals surface area (Å²) < 4.78 is 5.31. The van der Waals surface area contributed by atoms with E-state index in [9.17, 15) is 0 Å². The van der Waals surface area contributed by atoms with Crippen LogP contribution in [0.5, 0.6) is 0 Å². The number of furan rings is 1. The van der Waals surface area contributed by atoms with E-state index in [2.05, 4.69) is 41.5 Å². The molecule has 0 aliphatic heterocycles. The van der Waals surface area contributed by atoms with Gasteiger partial charge in [0.25, 0.3) is 0 Å². The first kappa shape index (κ1) is 13.7. The largest absolute Gasteiger partial charge is 0.469 e. The minimum atomic E-state index is 0.952. The van der Waals surface area contributed by atoms with E-state index in [4.69, 9.17) is 4.42 Å². The Morgan fingerprint density at radius 1 is 1.16 bits per heavy atom. The van der Waals surface area contributed by atoms with Crippen LogP contribution >= 0.6 is 0 Å². The molecule has 0 aliphatic carbocycles. The van der Waals surface area contributed by atoms with Gasteiger partial charge in [-0.05, 0) is 45.1 Å². The van der Waals surface area contributed by atoms with Gasteiger partial charge in [0.05, 0.1) is 6.26 Å². The molecule has 0 saturated heterocycles. The molecule has 0 spiro atoms. The molecule has 0 fully saturated rings. The number of nitrogens with one attached hydrogen (secondary N) is 1. The Labute approximate surface area is 115 Å². The summed E-state index contributed by atoms with van der Waals surface area (Å²) in [6.07, 6.45) is 2.89. The summed E-state index contributed by atoms with van der Waals surface area (Å²) in [5.41, 5.74) is 2.47. The molecule has 0 unspecified atom stereocenters. The highest BCUT2D eigenvalue weighted by molar-refractivity contribution is 5.42. The van der Waals surface area contributed by atoms with Crippen LogP contribution in [0.2, 0.25) is 0 Å². The molecule has 3 heteroatoms. The van der Waals surface area contributed by atoms with Crippen LogP contribution in [0.4, 0.5) is 5.69 Å². The second kappa shape index (κ2) is 7.00. The lowest BCUT2D eigenvalue weighted by Crippen LogP contribution is -2.21. The molecule has 1 aromatic carbocycles. The second-order valence-electron chi connectivity index (χ2n) is 4.89. The number of hydrogen-bond donors (Lipinski definition) is 1. The van der Waals surface area contributed by atoms with Gasteiger partial charge in [-0.15, -0.1) is 0 Å². The van der Waals surface area contributed by atoms with Crippen molar-refractivity contribution in [1.82, 2.24) is 4.90 Å². The van der Waals surface area contributed by atoms with Crippen LogP contribution < -0.4 is 5.32 Å². The monoisotopic (exact) mass is 258 g/mol. The smallest absolute Gasteiger partial charge is 0.105 e. The van der Waals surface area contributed by atoms with Crippen molar-refractivity contribution in [2.45, 2.75) is 19.9 Å². The molecule has 1 aromatic heterocycles. The summed E-state index contributed by atoms with van der Waals surface area (Å²) in [7, 11) is 2.15. The van der Waals surface area contributed by atoms with Gasteiger partial charge in [-0.25, -0.2) is 0 Å². The van der Waals surface area contributed by atoms with E-state index < -0.39 is 0 Å². The van der Waals surface area contributed by atoms with Gasteiger partial charge < -0.3 is 14.6 Å². The zero-order valence-electron chi connectivity index (χ0n) is 11.7. The minimum absolute atomic E-state index is 0.952. The highest BCUT2D eigenvalue weighted by atomic mass is 16.3. The van der Waals surface area contributed by atoms with Crippen molar-refractivity contribution in [2.75, 3.05) is 25.5 Å². The molecule has 2 aromatic rings. The molecule has 102 valence electrons. The quantitative estimate of drug-likeness (QED) is 0.770. The average molecular weight is 258 g/mol. The van der Waals surface area contributed by atoms with Gasteiger partial charge in [0, 0.05) is 24.3 Å². The van der Waals surface area contributed by atoms with Crippen molar-refractivity contribution in [2.24, 2.45) is 0 Å². The second-order valence-corrected chi connectivity index (χ2v) is 4.89. The fraction of sp³-hybridized carbons (Fsp3) is 0.375. The first-order valence-corrected chi connectivity index (χ1v) is 6.76. The maximum atomic E-state index is 5.31. The highest BCUT2D eigenvalue weighted by Gasteiger charge is 2.04. The van der Waals surface area contributed by atoms with Gasteiger partial charge in [0.1, 0.15) is 5.76 Å². The Kier molecular flexibility index (Phi) is 5.04. The molecule has 1 N–H and O–H groups in total. The Balaban J connectivity index is 1.64. The zero-order valence-corrected chi connectivity index (χ0v) is 11.7. The van der Waals surface area contributed by atoms with E-state index >= 15 is 0 Å². The van der Waals surface area contributed by atoms with Gasteiger partial charge in [-0.1, -0.05) is 18.2 Å². The van der Waals surface area contributed by atoms with Gasteiger partial charge in [-0.2, -0.15) is 0 Å². The van der Waals surface area contributed by atoms with Crippen LogP contribution in [-0.2, 0) is 6.54 Å². The third-order valence-corrected chi connectivity index (χ3v) is 3.23. The molecule has 0 aliphatic rings. The van der Waals surface area contributed by atoms with E-state index in [1.54, 1.807) is 6.26 Å². The number of nitrogens with zero attached hydrogens (tertiary/aromatic N) is 1. The van der Waals surface area contributed by atoms with Crippen LogP contribution in [-0.4, -0.2) is 25.0 Å². The maximum Gasteiger partial charge on any atom is 0.105 e. The minimum Gasteiger partial charge on any atom is -0.469 e. The molecule has 0 atom stereocenters. The fourth-order valence-electron chi connectivity index (χ4n) is 2.08. The topological polar surface area (TPSA) is 28.4 Å². The Hall–Kier alpha value is -1.74. The predicted octanol–water partition coefficient (Wildman–Crippen LogP) is 3.52. The van der Waals surface area contributed by atoms with Crippen LogP contribution in [0.1, 0.15) is 17.7 Å². The van der Waals surface area contributed by atoms with Crippen LogP contribution in [0.15, 0.2) is 47.1 Å².